The molecule has 1 aromatic heterocycles. The molecule has 0 aliphatic heterocycles. The van der Waals surface area contributed by atoms with Crippen LogP contribution in [0.3, 0.4) is 0 Å². The quantitative estimate of drug-likeness (QED) is 0.636. The number of carboxylic acids is 1. The van der Waals surface area contributed by atoms with Crippen LogP contribution in [0.15, 0.2) is 46.1 Å². The van der Waals surface area contributed by atoms with E-state index in [2.05, 4.69) is 31.4 Å². The molecule has 2 N–H and O–H groups in total. The van der Waals surface area contributed by atoms with Gasteiger partial charge in [-0.3, -0.25) is 5.43 Å². The molecule has 0 aliphatic rings. The van der Waals surface area contributed by atoms with Crippen molar-refractivity contribution in [1.29, 1.82) is 0 Å². The minimum atomic E-state index is -1.28. The Labute approximate surface area is 132 Å². The summed E-state index contributed by atoms with van der Waals surface area (Å²) in [4.78, 5) is 15.2. The van der Waals surface area contributed by atoms with Crippen molar-refractivity contribution in [1.82, 2.24) is 4.98 Å². The molecule has 1 aromatic carbocycles. The van der Waals surface area contributed by atoms with Crippen LogP contribution in [-0.2, 0) is 4.79 Å². The third kappa shape index (κ3) is 3.99. The molecule has 0 aliphatic carbocycles. The van der Waals surface area contributed by atoms with E-state index in [-0.39, 0.29) is 16.3 Å². The first-order chi connectivity index (χ1) is 9.97. The van der Waals surface area contributed by atoms with Crippen molar-refractivity contribution >= 4 is 45.0 Å². The predicted octanol–water partition coefficient (Wildman–Crippen LogP) is 3.54. The number of hydrazone groups is 1. The van der Waals surface area contributed by atoms with Gasteiger partial charge in [0, 0.05) is 16.2 Å². The summed E-state index contributed by atoms with van der Waals surface area (Å²) < 4.78 is 13.9. The molecule has 0 spiro atoms. The predicted molar refractivity (Wildman–Crippen MR) is 81.1 cm³/mol. The van der Waals surface area contributed by atoms with Gasteiger partial charge in [0.1, 0.15) is 11.6 Å². The van der Waals surface area contributed by atoms with E-state index in [0.29, 0.717) is 5.82 Å². The number of hydrogen-bond acceptors (Lipinski definition) is 4. The lowest BCUT2D eigenvalue weighted by molar-refractivity contribution is -0.129. The van der Waals surface area contributed by atoms with E-state index in [1.165, 1.54) is 18.3 Å². The molecule has 0 saturated heterocycles. The van der Waals surface area contributed by atoms with Gasteiger partial charge < -0.3 is 5.11 Å². The summed E-state index contributed by atoms with van der Waals surface area (Å²) in [5, 5.41) is 12.8. The molecule has 2 aromatic rings. The lowest BCUT2D eigenvalue weighted by atomic mass is 10.1. The molecule has 108 valence electrons. The first-order valence-electron chi connectivity index (χ1n) is 5.61. The second-order valence-corrected chi connectivity index (χ2v) is 5.19. The van der Waals surface area contributed by atoms with Gasteiger partial charge in [-0.05, 0) is 46.3 Å². The van der Waals surface area contributed by atoms with Crippen molar-refractivity contribution in [3.63, 3.8) is 0 Å². The number of carboxylic acid groups (broad SMARTS) is 1. The Morgan fingerprint density at radius 1 is 1.38 bits per heavy atom. The maximum atomic E-state index is 13.1. The average molecular weight is 373 g/mol. The van der Waals surface area contributed by atoms with Crippen molar-refractivity contribution < 1.29 is 14.3 Å². The number of rotatable bonds is 4. The van der Waals surface area contributed by atoms with Crippen LogP contribution < -0.4 is 5.43 Å². The molecule has 2 rings (SSSR count). The fourth-order valence-electron chi connectivity index (χ4n) is 1.43. The fourth-order valence-corrected chi connectivity index (χ4v) is 1.85. The number of aliphatic carboxylic acids is 1. The number of benzene rings is 1. The highest BCUT2D eigenvalue weighted by atomic mass is 79.9. The zero-order chi connectivity index (χ0) is 15.4. The molecule has 5 nitrogen and oxygen atoms in total. The lowest BCUT2D eigenvalue weighted by Gasteiger charge is -2.04. The summed E-state index contributed by atoms with van der Waals surface area (Å²) in [7, 11) is 0. The summed E-state index contributed by atoms with van der Waals surface area (Å²) in [5.41, 5.74) is 2.40. The summed E-state index contributed by atoms with van der Waals surface area (Å²) in [5.74, 6) is -1.54. The van der Waals surface area contributed by atoms with Crippen LogP contribution in [0.4, 0.5) is 10.2 Å². The Kier molecular flexibility index (Phi) is 4.87. The topological polar surface area (TPSA) is 74.6 Å². The summed E-state index contributed by atoms with van der Waals surface area (Å²) in [6.45, 7) is 0. The Morgan fingerprint density at radius 3 is 2.71 bits per heavy atom. The highest BCUT2D eigenvalue weighted by Gasteiger charge is 2.14. The zero-order valence-corrected chi connectivity index (χ0v) is 12.7. The maximum absolute atomic E-state index is 13.1. The molecule has 21 heavy (non-hydrogen) atoms. The molecule has 0 unspecified atom stereocenters. The highest BCUT2D eigenvalue weighted by molar-refractivity contribution is 9.10. The second-order valence-electron chi connectivity index (χ2n) is 3.87. The zero-order valence-electron chi connectivity index (χ0n) is 10.3. The van der Waals surface area contributed by atoms with Crippen LogP contribution in [0.25, 0.3) is 0 Å². The van der Waals surface area contributed by atoms with Gasteiger partial charge >= 0.3 is 5.97 Å². The smallest absolute Gasteiger partial charge is 0.356 e. The Hall–Kier alpha value is -1.99. The number of nitrogens with zero attached hydrogens (tertiary/aromatic N) is 2. The first-order valence-corrected chi connectivity index (χ1v) is 6.78. The molecule has 0 amide bonds. The molecule has 0 fully saturated rings. The van der Waals surface area contributed by atoms with Gasteiger partial charge in [0.25, 0.3) is 0 Å². The fraction of sp³-hybridized carbons (Fsp3) is 0. The van der Waals surface area contributed by atoms with E-state index in [9.17, 15) is 14.3 Å². The van der Waals surface area contributed by atoms with Crippen molar-refractivity contribution in [3.05, 3.63) is 57.4 Å². The van der Waals surface area contributed by atoms with Crippen LogP contribution in [0.1, 0.15) is 5.56 Å². The number of hydrogen-bond donors (Lipinski definition) is 2. The van der Waals surface area contributed by atoms with Crippen molar-refractivity contribution in [3.8, 4) is 0 Å². The van der Waals surface area contributed by atoms with Gasteiger partial charge in [-0.1, -0.05) is 11.6 Å². The van der Waals surface area contributed by atoms with Gasteiger partial charge in [0.15, 0.2) is 5.71 Å². The standard InChI is InChI=1S/C13H8BrClFN3O2/c14-8-2-4-11(17-6-8)18-19-12(13(20)21)7-1-3-10(16)9(15)5-7/h1-6H,(H,17,18)(H,20,21)/b19-12+. The van der Waals surface area contributed by atoms with Gasteiger partial charge in [0.05, 0.1) is 5.02 Å². The summed E-state index contributed by atoms with van der Waals surface area (Å²) >= 11 is 8.87. The largest absolute Gasteiger partial charge is 0.476 e. The van der Waals surface area contributed by atoms with Crippen LogP contribution in [0.2, 0.25) is 5.02 Å². The number of halogens is 3. The molecule has 0 radical (unpaired) electrons. The van der Waals surface area contributed by atoms with E-state index >= 15 is 0 Å². The van der Waals surface area contributed by atoms with Crippen LogP contribution in [-0.4, -0.2) is 21.8 Å². The highest BCUT2D eigenvalue weighted by Crippen LogP contribution is 2.17. The molecule has 0 saturated carbocycles. The lowest BCUT2D eigenvalue weighted by Crippen LogP contribution is -2.16. The SMILES string of the molecule is O=C(O)/C(=N/Nc1ccc(Br)cn1)c1ccc(F)c(Cl)c1. The molecular formula is C13H8BrClFN3O2. The summed E-state index contributed by atoms with van der Waals surface area (Å²) in [6.07, 6.45) is 1.53. The minimum Gasteiger partial charge on any atom is -0.476 e. The van der Waals surface area contributed by atoms with E-state index in [1.54, 1.807) is 12.1 Å². The molecule has 0 atom stereocenters. The van der Waals surface area contributed by atoms with E-state index in [0.717, 1.165) is 10.5 Å². The average Bonchev–Trinajstić information content (AvgIpc) is 2.44. The van der Waals surface area contributed by atoms with E-state index < -0.39 is 11.8 Å². The van der Waals surface area contributed by atoms with Crippen molar-refractivity contribution in [2.24, 2.45) is 5.10 Å². The Balaban J connectivity index is 2.29. The summed E-state index contributed by atoms with van der Waals surface area (Å²) in [6, 6.07) is 6.89. The van der Waals surface area contributed by atoms with Crippen LogP contribution in [0.5, 0.6) is 0 Å². The van der Waals surface area contributed by atoms with Gasteiger partial charge in [-0.25, -0.2) is 14.2 Å². The Bertz CT molecular complexity index is 707. The van der Waals surface area contributed by atoms with E-state index in [4.69, 9.17) is 11.6 Å². The molecular weight excluding hydrogens is 365 g/mol. The van der Waals surface area contributed by atoms with Crippen LogP contribution >= 0.6 is 27.5 Å². The van der Waals surface area contributed by atoms with Gasteiger partial charge in [-0.15, -0.1) is 0 Å². The van der Waals surface area contributed by atoms with Crippen molar-refractivity contribution in [2.45, 2.75) is 0 Å². The molecule has 0 bridgehead atoms. The van der Waals surface area contributed by atoms with Gasteiger partial charge in [-0.2, -0.15) is 5.10 Å². The van der Waals surface area contributed by atoms with Crippen LogP contribution in [0, 0.1) is 5.82 Å². The first kappa shape index (κ1) is 15.4. The van der Waals surface area contributed by atoms with Gasteiger partial charge in [0.2, 0.25) is 0 Å². The van der Waals surface area contributed by atoms with Crippen molar-refractivity contribution in [2.75, 3.05) is 5.43 Å². The number of anilines is 1. The number of pyridine rings is 1. The monoisotopic (exact) mass is 371 g/mol. The molecule has 8 heteroatoms. The van der Waals surface area contributed by atoms with E-state index in [1.807, 2.05) is 0 Å². The number of carbonyl (C=O) groups is 1. The Morgan fingerprint density at radius 2 is 2.14 bits per heavy atom. The number of nitrogens with one attached hydrogen (secondary N) is 1. The third-order valence-electron chi connectivity index (χ3n) is 2.41. The minimum absolute atomic E-state index is 0.178. The second kappa shape index (κ2) is 6.64. The normalized spacial score (nSPS) is 11.3. The maximum Gasteiger partial charge on any atom is 0.356 e. The molecule has 1 heterocycles. The third-order valence-corrected chi connectivity index (χ3v) is 3.16. The number of aromatic nitrogens is 1.